The van der Waals surface area contributed by atoms with Crippen LogP contribution in [0.4, 0.5) is 0 Å². The molecule has 2 rings (SSSR count). The van der Waals surface area contributed by atoms with E-state index in [9.17, 15) is 0 Å². The van der Waals surface area contributed by atoms with E-state index in [1.54, 1.807) is 7.11 Å². The molecule has 1 aromatic carbocycles. The Labute approximate surface area is 111 Å². The van der Waals surface area contributed by atoms with Gasteiger partial charge in [0.2, 0.25) is 0 Å². The highest BCUT2D eigenvalue weighted by Gasteiger charge is 2.13. The summed E-state index contributed by atoms with van der Waals surface area (Å²) in [4.78, 5) is 0. The van der Waals surface area contributed by atoms with Gasteiger partial charge in [0.15, 0.2) is 0 Å². The molecule has 1 aliphatic rings. The Kier molecular flexibility index (Phi) is 5.53. The Morgan fingerprint density at radius 2 is 1.61 bits per heavy atom. The maximum Gasteiger partial charge on any atom is 0.118 e. The fraction of sp³-hybridized carbons (Fsp3) is 0.625. The summed E-state index contributed by atoms with van der Waals surface area (Å²) in [6.07, 6.45) is 9.96. The minimum absolute atomic E-state index is 0.840. The zero-order valence-corrected chi connectivity index (χ0v) is 11.5. The van der Waals surface area contributed by atoms with Gasteiger partial charge >= 0.3 is 0 Å². The highest BCUT2D eigenvalue weighted by Crippen LogP contribution is 2.15. The molecule has 0 radical (unpaired) electrons. The Morgan fingerprint density at radius 1 is 1.00 bits per heavy atom. The quantitative estimate of drug-likeness (QED) is 0.871. The van der Waals surface area contributed by atoms with Crippen molar-refractivity contribution in [2.75, 3.05) is 7.11 Å². The molecular weight excluding hydrogens is 222 g/mol. The van der Waals surface area contributed by atoms with Crippen LogP contribution in [0.25, 0.3) is 0 Å². The van der Waals surface area contributed by atoms with Gasteiger partial charge in [-0.1, -0.05) is 19.3 Å². The first-order valence-corrected chi connectivity index (χ1v) is 7.35. The van der Waals surface area contributed by atoms with Crippen LogP contribution in [0.2, 0.25) is 0 Å². The predicted molar refractivity (Wildman–Crippen MR) is 74.7 cm³/mol. The summed E-state index contributed by atoms with van der Waals surface area (Å²) in [5, 5.41) is 2.53. The molecule has 2 N–H and O–H groups in total. The maximum absolute atomic E-state index is 5.18. The number of benzene rings is 1. The highest BCUT2D eigenvalue weighted by molar-refractivity contribution is 5.26. The van der Waals surface area contributed by atoms with Crippen LogP contribution >= 0.6 is 0 Å². The molecule has 18 heavy (non-hydrogen) atoms. The minimum atomic E-state index is 0.840. The lowest BCUT2D eigenvalue weighted by Crippen LogP contribution is -2.88. The van der Waals surface area contributed by atoms with Gasteiger partial charge in [-0.15, -0.1) is 0 Å². The molecule has 2 nitrogen and oxygen atoms in total. The third kappa shape index (κ3) is 4.34. The lowest BCUT2D eigenvalue weighted by Gasteiger charge is -2.18. The van der Waals surface area contributed by atoms with Crippen molar-refractivity contribution in [1.29, 1.82) is 0 Å². The summed E-state index contributed by atoms with van der Waals surface area (Å²) in [5.41, 5.74) is 1.40. The fourth-order valence-electron chi connectivity index (χ4n) is 2.79. The topological polar surface area (TPSA) is 25.8 Å². The van der Waals surface area contributed by atoms with Crippen molar-refractivity contribution in [3.05, 3.63) is 29.8 Å². The molecule has 1 aromatic rings. The largest absolute Gasteiger partial charge is 0.497 e. The molecule has 0 amide bonds. The molecule has 0 unspecified atom stereocenters. The van der Waals surface area contributed by atoms with Crippen LogP contribution in [0.3, 0.4) is 0 Å². The molecule has 1 aliphatic carbocycles. The summed E-state index contributed by atoms with van der Waals surface area (Å²) in [5.74, 6) is 0.949. The van der Waals surface area contributed by atoms with E-state index in [4.69, 9.17) is 4.74 Å². The first-order valence-electron chi connectivity index (χ1n) is 7.35. The van der Waals surface area contributed by atoms with Gasteiger partial charge in [0.25, 0.3) is 0 Å². The van der Waals surface area contributed by atoms with Crippen LogP contribution in [0, 0.1) is 0 Å². The molecule has 2 heteroatoms. The zero-order chi connectivity index (χ0) is 12.6. The molecule has 0 bridgehead atoms. The van der Waals surface area contributed by atoms with E-state index in [0.717, 1.165) is 18.3 Å². The van der Waals surface area contributed by atoms with E-state index in [1.807, 2.05) is 0 Å². The van der Waals surface area contributed by atoms with Gasteiger partial charge in [-0.05, 0) is 49.9 Å². The van der Waals surface area contributed by atoms with Crippen molar-refractivity contribution in [2.24, 2.45) is 0 Å². The first-order chi connectivity index (χ1) is 8.88. The number of ether oxygens (including phenoxy) is 1. The third-order valence-corrected chi connectivity index (χ3v) is 4.00. The van der Waals surface area contributed by atoms with E-state index >= 15 is 0 Å². The summed E-state index contributed by atoms with van der Waals surface area (Å²) in [6, 6.07) is 9.31. The van der Waals surface area contributed by atoms with Crippen molar-refractivity contribution >= 4 is 0 Å². The van der Waals surface area contributed by atoms with Crippen LogP contribution in [-0.2, 0) is 6.54 Å². The van der Waals surface area contributed by atoms with Gasteiger partial charge in [0, 0.05) is 5.56 Å². The van der Waals surface area contributed by atoms with Crippen molar-refractivity contribution in [2.45, 2.75) is 57.5 Å². The van der Waals surface area contributed by atoms with E-state index in [2.05, 4.69) is 29.6 Å². The van der Waals surface area contributed by atoms with E-state index in [-0.39, 0.29) is 0 Å². The lowest BCUT2D eigenvalue weighted by atomic mass is 9.96. The Hall–Kier alpha value is -1.02. The smallest absolute Gasteiger partial charge is 0.118 e. The number of hydrogen-bond acceptors (Lipinski definition) is 1. The second-order valence-electron chi connectivity index (χ2n) is 5.39. The van der Waals surface area contributed by atoms with E-state index in [0.29, 0.717) is 0 Å². The molecule has 0 heterocycles. The van der Waals surface area contributed by atoms with Gasteiger partial charge in [-0.2, -0.15) is 0 Å². The summed E-state index contributed by atoms with van der Waals surface area (Å²) >= 11 is 0. The predicted octanol–water partition coefficient (Wildman–Crippen LogP) is 2.87. The summed E-state index contributed by atoms with van der Waals surface area (Å²) in [6.45, 7) is 1.11. The Morgan fingerprint density at radius 3 is 2.22 bits per heavy atom. The van der Waals surface area contributed by atoms with Gasteiger partial charge in [-0.3, -0.25) is 0 Å². The van der Waals surface area contributed by atoms with Gasteiger partial charge in [0.1, 0.15) is 12.3 Å². The maximum atomic E-state index is 5.18. The molecule has 0 aliphatic heterocycles. The summed E-state index contributed by atoms with van der Waals surface area (Å²) < 4.78 is 5.18. The van der Waals surface area contributed by atoms with Crippen LogP contribution in [-0.4, -0.2) is 13.2 Å². The normalized spacial score (nSPS) is 18.1. The molecule has 0 aromatic heterocycles. The van der Waals surface area contributed by atoms with E-state index in [1.165, 1.54) is 50.5 Å². The van der Waals surface area contributed by atoms with Crippen LogP contribution in [0.15, 0.2) is 24.3 Å². The number of quaternary nitrogens is 1. The molecule has 0 spiro atoms. The average Bonchev–Trinajstić information content (AvgIpc) is 2.38. The minimum Gasteiger partial charge on any atom is -0.497 e. The lowest BCUT2D eigenvalue weighted by molar-refractivity contribution is -0.706. The molecular formula is C16H26NO+. The van der Waals surface area contributed by atoms with Crippen LogP contribution < -0.4 is 10.1 Å². The molecule has 100 valence electrons. The Balaban J connectivity index is 1.78. The van der Waals surface area contributed by atoms with Gasteiger partial charge < -0.3 is 10.1 Å². The number of rotatable bonds is 4. The van der Waals surface area contributed by atoms with E-state index < -0.39 is 0 Å². The Bertz CT molecular complexity index is 325. The van der Waals surface area contributed by atoms with Crippen LogP contribution in [0.5, 0.6) is 5.75 Å². The number of nitrogens with two attached hydrogens (primary N) is 1. The second-order valence-corrected chi connectivity index (χ2v) is 5.39. The number of methoxy groups -OCH3 is 1. The van der Waals surface area contributed by atoms with Crippen molar-refractivity contribution in [3.63, 3.8) is 0 Å². The van der Waals surface area contributed by atoms with Crippen molar-refractivity contribution < 1.29 is 10.1 Å². The third-order valence-electron chi connectivity index (χ3n) is 4.00. The monoisotopic (exact) mass is 248 g/mol. The molecule has 1 saturated carbocycles. The molecule has 1 fully saturated rings. The zero-order valence-electron chi connectivity index (χ0n) is 11.5. The SMILES string of the molecule is COc1ccc(C[NH2+]C2CCCCCCC2)cc1. The van der Waals surface area contributed by atoms with Gasteiger partial charge in [-0.25, -0.2) is 0 Å². The number of hydrogen-bond donors (Lipinski definition) is 1. The summed E-state index contributed by atoms with van der Waals surface area (Å²) in [7, 11) is 1.72. The molecule has 0 atom stereocenters. The average molecular weight is 248 g/mol. The molecule has 0 saturated heterocycles. The van der Waals surface area contributed by atoms with Crippen molar-refractivity contribution in [1.82, 2.24) is 0 Å². The van der Waals surface area contributed by atoms with Gasteiger partial charge in [0.05, 0.1) is 13.2 Å². The fourth-order valence-corrected chi connectivity index (χ4v) is 2.79. The first kappa shape index (κ1) is 13.4. The highest BCUT2D eigenvalue weighted by atomic mass is 16.5. The van der Waals surface area contributed by atoms with Crippen molar-refractivity contribution in [3.8, 4) is 5.75 Å². The second kappa shape index (κ2) is 7.42. The standard InChI is InChI=1S/C16H25NO/c1-18-16-11-9-14(10-12-16)13-17-15-7-5-3-2-4-6-8-15/h9-12,15,17H,2-8,13H2,1H3/p+1. The van der Waals surface area contributed by atoms with Crippen LogP contribution in [0.1, 0.15) is 50.5 Å².